The van der Waals surface area contributed by atoms with Gasteiger partial charge >= 0.3 is 12.1 Å². The molecular weight excluding hydrogens is 249 g/mol. The Morgan fingerprint density at radius 2 is 1.83 bits per heavy atom. The molecule has 0 aromatic heterocycles. The zero-order chi connectivity index (χ0) is 13.8. The highest BCUT2D eigenvalue weighted by molar-refractivity contribution is 5.79. The number of carbonyl (C=O) groups is 1. The first kappa shape index (κ1) is 14.5. The van der Waals surface area contributed by atoms with Gasteiger partial charge in [-0.3, -0.25) is 0 Å². The summed E-state index contributed by atoms with van der Waals surface area (Å²) >= 11 is 0. The van der Waals surface area contributed by atoms with Gasteiger partial charge in [0.15, 0.2) is 5.60 Å². The third-order valence-electron chi connectivity index (χ3n) is 2.57. The topological polar surface area (TPSA) is 46.5 Å². The molecule has 1 aromatic rings. The van der Waals surface area contributed by atoms with Gasteiger partial charge in [0, 0.05) is 0 Å². The summed E-state index contributed by atoms with van der Waals surface area (Å²) in [5.41, 5.74) is -1.76. The number of aliphatic carboxylic acids is 1. The Hall–Kier alpha value is -1.56. The van der Waals surface area contributed by atoms with Crippen molar-refractivity contribution >= 4 is 5.97 Å². The van der Waals surface area contributed by atoms with Gasteiger partial charge in [-0.2, -0.15) is 13.2 Å². The molecule has 1 rings (SSSR count). The maximum Gasteiger partial charge on any atom is 0.411 e. The van der Waals surface area contributed by atoms with Crippen molar-refractivity contribution < 1.29 is 27.8 Å². The number of hydrogen-bond acceptors (Lipinski definition) is 2. The summed E-state index contributed by atoms with van der Waals surface area (Å²) in [5.74, 6) is -1.43. The first-order valence-electron chi connectivity index (χ1n) is 5.31. The van der Waals surface area contributed by atoms with Crippen molar-refractivity contribution in [3.63, 3.8) is 0 Å². The fourth-order valence-corrected chi connectivity index (χ4v) is 1.64. The van der Waals surface area contributed by atoms with E-state index in [1.54, 1.807) is 18.2 Å². The van der Waals surface area contributed by atoms with Crippen molar-refractivity contribution in [3.8, 4) is 0 Å². The molecule has 3 nitrogen and oxygen atoms in total. The van der Waals surface area contributed by atoms with Crippen LogP contribution in [0, 0.1) is 0 Å². The average Bonchev–Trinajstić information content (AvgIpc) is 2.30. The molecule has 0 saturated heterocycles. The number of carboxylic acid groups (broad SMARTS) is 1. The Bertz CT molecular complexity index is 403. The van der Waals surface area contributed by atoms with Gasteiger partial charge in [0.25, 0.3) is 0 Å². The van der Waals surface area contributed by atoms with E-state index in [2.05, 4.69) is 4.74 Å². The monoisotopic (exact) mass is 262 g/mol. The lowest BCUT2D eigenvalue weighted by Crippen LogP contribution is -2.40. The first-order chi connectivity index (χ1) is 8.32. The Morgan fingerprint density at radius 3 is 2.22 bits per heavy atom. The van der Waals surface area contributed by atoms with E-state index in [-0.39, 0.29) is 12.0 Å². The predicted molar refractivity (Wildman–Crippen MR) is 58.1 cm³/mol. The Labute approximate surface area is 102 Å². The highest BCUT2D eigenvalue weighted by Gasteiger charge is 2.43. The summed E-state index contributed by atoms with van der Waals surface area (Å²) in [5, 5.41) is 9.18. The van der Waals surface area contributed by atoms with Crippen molar-refractivity contribution in [2.45, 2.75) is 25.1 Å². The zero-order valence-corrected chi connectivity index (χ0v) is 9.70. The van der Waals surface area contributed by atoms with E-state index in [0.717, 1.165) is 0 Å². The molecule has 1 aromatic carbocycles. The minimum Gasteiger partial charge on any atom is -0.479 e. The van der Waals surface area contributed by atoms with Gasteiger partial charge in [-0.15, -0.1) is 0 Å². The molecule has 0 saturated carbocycles. The maximum atomic E-state index is 12.2. The predicted octanol–water partition coefficient (Wildman–Crippen LogP) is 2.96. The van der Waals surface area contributed by atoms with E-state index in [0.29, 0.717) is 0 Å². The molecule has 0 bridgehead atoms. The number of benzene rings is 1. The molecule has 100 valence electrons. The molecule has 0 aliphatic rings. The Kier molecular flexibility index (Phi) is 4.34. The lowest BCUT2D eigenvalue weighted by atomic mass is 9.91. The molecule has 1 unspecified atom stereocenters. The van der Waals surface area contributed by atoms with Crippen LogP contribution in [0.4, 0.5) is 13.2 Å². The molecular formula is C12H13F3O3. The van der Waals surface area contributed by atoms with Crippen LogP contribution in [0.2, 0.25) is 0 Å². The van der Waals surface area contributed by atoms with Gasteiger partial charge in [-0.25, -0.2) is 4.79 Å². The molecule has 0 aliphatic heterocycles. The van der Waals surface area contributed by atoms with Gasteiger partial charge < -0.3 is 9.84 Å². The van der Waals surface area contributed by atoms with Crippen LogP contribution in [0.25, 0.3) is 0 Å². The molecule has 1 atom stereocenters. The second-order valence-electron chi connectivity index (χ2n) is 3.76. The number of alkyl halides is 3. The van der Waals surface area contributed by atoms with E-state index in [1.807, 2.05) is 0 Å². The van der Waals surface area contributed by atoms with Crippen LogP contribution in [0.5, 0.6) is 0 Å². The third kappa shape index (κ3) is 3.22. The highest BCUT2D eigenvalue weighted by atomic mass is 19.4. The van der Waals surface area contributed by atoms with Crippen molar-refractivity contribution in [1.82, 2.24) is 0 Å². The van der Waals surface area contributed by atoms with Gasteiger partial charge in [0.2, 0.25) is 0 Å². The molecule has 0 aliphatic carbocycles. The van der Waals surface area contributed by atoms with Crippen LogP contribution >= 0.6 is 0 Å². The number of hydrogen-bond donors (Lipinski definition) is 1. The third-order valence-corrected chi connectivity index (χ3v) is 2.57. The molecule has 6 heteroatoms. The van der Waals surface area contributed by atoms with E-state index >= 15 is 0 Å². The summed E-state index contributed by atoms with van der Waals surface area (Å²) in [7, 11) is 0. The number of ether oxygens (including phenoxy) is 1. The fraction of sp³-hybridized carbons (Fsp3) is 0.417. The summed E-state index contributed by atoms with van der Waals surface area (Å²) < 4.78 is 41.2. The highest BCUT2D eigenvalue weighted by Crippen LogP contribution is 2.32. The van der Waals surface area contributed by atoms with Crippen LogP contribution in [0.1, 0.15) is 18.9 Å². The Balaban J connectivity index is 3.07. The second-order valence-corrected chi connectivity index (χ2v) is 3.76. The van der Waals surface area contributed by atoms with Gasteiger partial charge in [-0.05, 0) is 12.0 Å². The molecule has 0 radical (unpaired) electrons. The quantitative estimate of drug-likeness (QED) is 0.887. The van der Waals surface area contributed by atoms with E-state index in [9.17, 15) is 23.1 Å². The minimum atomic E-state index is -4.56. The van der Waals surface area contributed by atoms with Crippen LogP contribution in [-0.4, -0.2) is 23.9 Å². The minimum absolute atomic E-state index is 0.0948. The van der Waals surface area contributed by atoms with Crippen LogP contribution in [0.15, 0.2) is 30.3 Å². The molecule has 0 fully saturated rings. The SMILES string of the molecule is CCC(OCC(F)(F)F)(C(=O)O)c1ccccc1. The van der Waals surface area contributed by atoms with E-state index < -0.39 is 24.4 Å². The summed E-state index contributed by atoms with van der Waals surface area (Å²) in [6.07, 6.45) is -4.66. The lowest BCUT2D eigenvalue weighted by molar-refractivity contribution is -0.216. The van der Waals surface area contributed by atoms with Crippen molar-refractivity contribution in [1.29, 1.82) is 0 Å². The molecule has 0 amide bonds. The van der Waals surface area contributed by atoms with Crippen molar-refractivity contribution in [2.24, 2.45) is 0 Å². The largest absolute Gasteiger partial charge is 0.479 e. The van der Waals surface area contributed by atoms with Gasteiger partial charge in [0.1, 0.15) is 6.61 Å². The average molecular weight is 262 g/mol. The Morgan fingerprint density at radius 1 is 1.28 bits per heavy atom. The first-order valence-corrected chi connectivity index (χ1v) is 5.31. The van der Waals surface area contributed by atoms with E-state index in [4.69, 9.17) is 0 Å². The summed E-state index contributed by atoms with van der Waals surface area (Å²) in [6.45, 7) is -0.125. The van der Waals surface area contributed by atoms with E-state index in [1.165, 1.54) is 19.1 Å². The summed E-state index contributed by atoms with van der Waals surface area (Å²) in [6, 6.07) is 7.64. The van der Waals surface area contributed by atoms with Crippen molar-refractivity contribution in [3.05, 3.63) is 35.9 Å². The number of carboxylic acids is 1. The standard InChI is InChI=1S/C12H13F3O3/c1-2-11(10(16)17,18-8-12(13,14)15)9-6-4-3-5-7-9/h3-7H,2,8H2,1H3,(H,16,17). The van der Waals surface area contributed by atoms with Crippen molar-refractivity contribution in [2.75, 3.05) is 6.61 Å². The normalized spacial score (nSPS) is 15.1. The van der Waals surface area contributed by atoms with Gasteiger partial charge in [-0.1, -0.05) is 37.3 Å². The fourth-order valence-electron chi connectivity index (χ4n) is 1.64. The molecule has 0 heterocycles. The second kappa shape index (κ2) is 5.39. The van der Waals surface area contributed by atoms with Crippen LogP contribution < -0.4 is 0 Å². The molecule has 18 heavy (non-hydrogen) atoms. The number of rotatable bonds is 5. The molecule has 1 N–H and O–H groups in total. The van der Waals surface area contributed by atoms with Gasteiger partial charge in [0.05, 0.1) is 0 Å². The van der Waals surface area contributed by atoms with Crippen LogP contribution in [0.3, 0.4) is 0 Å². The lowest BCUT2D eigenvalue weighted by Gasteiger charge is -2.29. The summed E-state index contributed by atoms with van der Waals surface area (Å²) in [4.78, 5) is 11.3. The van der Waals surface area contributed by atoms with Crippen LogP contribution in [-0.2, 0) is 15.1 Å². The molecule has 0 spiro atoms. The maximum absolute atomic E-state index is 12.2. The smallest absolute Gasteiger partial charge is 0.411 e. The zero-order valence-electron chi connectivity index (χ0n) is 9.70. The number of halogens is 3.